The molecule has 1 rings (SSSR count). The van der Waals surface area contributed by atoms with Crippen molar-refractivity contribution in [3.8, 4) is 5.75 Å². The van der Waals surface area contributed by atoms with E-state index in [0.717, 1.165) is 0 Å². The van der Waals surface area contributed by atoms with Gasteiger partial charge < -0.3 is 14.8 Å². The van der Waals surface area contributed by atoms with E-state index in [0.29, 0.717) is 24.3 Å². The fourth-order valence-corrected chi connectivity index (χ4v) is 1.41. The summed E-state index contributed by atoms with van der Waals surface area (Å²) in [5.41, 5.74) is 0.502. The van der Waals surface area contributed by atoms with Crippen LogP contribution in [-0.2, 0) is 9.53 Å². The Kier molecular flexibility index (Phi) is 6.46. The number of benzene rings is 1. The Morgan fingerprint density at radius 3 is 2.55 bits per heavy atom. The van der Waals surface area contributed by atoms with Gasteiger partial charge in [0.2, 0.25) is 0 Å². The lowest BCUT2D eigenvalue weighted by atomic mass is 10.2. The molecule has 0 radical (unpaired) electrons. The Morgan fingerprint density at radius 2 is 2.00 bits per heavy atom. The molecule has 20 heavy (non-hydrogen) atoms. The molecule has 1 N–H and O–H groups in total. The molecular weight excluding hydrogens is 258 g/mol. The van der Waals surface area contributed by atoms with E-state index in [1.807, 2.05) is 0 Å². The van der Waals surface area contributed by atoms with Crippen LogP contribution in [0, 0.1) is 0 Å². The number of amides is 1. The normalized spacial score (nSPS) is 11.5. The molecule has 0 aliphatic rings. The molecule has 0 aromatic heterocycles. The number of esters is 1. The van der Waals surface area contributed by atoms with Crippen molar-refractivity contribution in [3.63, 3.8) is 0 Å². The molecule has 0 aliphatic heterocycles. The highest BCUT2D eigenvalue weighted by Gasteiger charge is 2.15. The van der Waals surface area contributed by atoms with Crippen LogP contribution in [0.5, 0.6) is 5.75 Å². The molecule has 1 atom stereocenters. The first-order chi connectivity index (χ1) is 9.58. The third kappa shape index (κ3) is 4.85. The summed E-state index contributed by atoms with van der Waals surface area (Å²) in [7, 11) is 1.55. The Labute approximate surface area is 118 Å². The van der Waals surface area contributed by atoms with Crippen molar-refractivity contribution in [1.82, 2.24) is 5.32 Å². The van der Waals surface area contributed by atoms with Gasteiger partial charge in [0.05, 0.1) is 6.61 Å². The topological polar surface area (TPSA) is 64.6 Å². The zero-order valence-electron chi connectivity index (χ0n) is 11.7. The molecule has 1 aromatic carbocycles. The van der Waals surface area contributed by atoms with Crippen molar-refractivity contribution in [3.05, 3.63) is 42.5 Å². The van der Waals surface area contributed by atoms with E-state index in [9.17, 15) is 9.59 Å². The number of carbonyl (C=O) groups is 2. The van der Waals surface area contributed by atoms with E-state index in [2.05, 4.69) is 11.9 Å². The molecule has 0 saturated carbocycles. The van der Waals surface area contributed by atoms with Gasteiger partial charge in [-0.1, -0.05) is 6.08 Å². The van der Waals surface area contributed by atoms with Gasteiger partial charge in [-0.25, -0.2) is 4.79 Å². The summed E-state index contributed by atoms with van der Waals surface area (Å²) >= 11 is 0. The second-order valence-electron chi connectivity index (χ2n) is 4.11. The maximum Gasteiger partial charge on any atom is 0.340 e. The van der Waals surface area contributed by atoms with Crippen LogP contribution < -0.4 is 10.1 Å². The van der Waals surface area contributed by atoms with Crippen LogP contribution in [-0.4, -0.2) is 31.6 Å². The summed E-state index contributed by atoms with van der Waals surface area (Å²) in [6.07, 6.45) is 1.75. The second-order valence-corrected chi connectivity index (χ2v) is 4.11. The number of carbonyl (C=O) groups excluding carboxylic acids is 2. The van der Waals surface area contributed by atoms with Crippen LogP contribution in [0.4, 0.5) is 0 Å². The Bertz CT molecular complexity index is 467. The highest BCUT2D eigenvalue weighted by molar-refractivity contribution is 5.94. The fraction of sp³-hybridized carbons (Fsp3) is 0.333. The molecule has 5 nitrogen and oxygen atoms in total. The number of nitrogens with one attached hydrogen (secondary N) is 1. The van der Waals surface area contributed by atoms with Gasteiger partial charge in [0.15, 0.2) is 6.10 Å². The van der Waals surface area contributed by atoms with Crippen molar-refractivity contribution >= 4 is 11.9 Å². The van der Waals surface area contributed by atoms with Gasteiger partial charge in [-0.2, -0.15) is 0 Å². The lowest BCUT2D eigenvalue weighted by molar-refractivity contribution is -0.146. The highest BCUT2D eigenvalue weighted by Crippen LogP contribution is 2.13. The van der Waals surface area contributed by atoms with Gasteiger partial charge in [-0.05, 0) is 37.6 Å². The average molecular weight is 277 g/mol. The van der Waals surface area contributed by atoms with Crippen molar-refractivity contribution < 1.29 is 19.1 Å². The molecule has 0 bridgehead atoms. The number of ether oxygens (including phenoxy) is 2. The minimum absolute atomic E-state index is 0.191. The summed E-state index contributed by atoms with van der Waals surface area (Å²) in [5, 5.41) is 2.51. The first-order valence-electron chi connectivity index (χ1n) is 6.34. The van der Waals surface area contributed by atoms with Gasteiger partial charge in [-0.15, -0.1) is 6.58 Å². The summed E-state index contributed by atoms with van der Waals surface area (Å²) in [6.45, 7) is 5.63. The van der Waals surface area contributed by atoms with Crippen LogP contribution >= 0.6 is 0 Å². The van der Waals surface area contributed by atoms with Crippen molar-refractivity contribution in [2.75, 3.05) is 13.7 Å². The average Bonchev–Trinajstić information content (AvgIpc) is 2.47. The van der Waals surface area contributed by atoms with Crippen LogP contribution in [0.2, 0.25) is 0 Å². The third-order valence-corrected chi connectivity index (χ3v) is 2.58. The lowest BCUT2D eigenvalue weighted by Crippen LogP contribution is -2.26. The first-order valence-corrected chi connectivity index (χ1v) is 6.34. The molecule has 1 unspecified atom stereocenters. The van der Waals surface area contributed by atoms with Crippen LogP contribution in [0.25, 0.3) is 0 Å². The van der Waals surface area contributed by atoms with Gasteiger partial charge >= 0.3 is 5.97 Å². The molecular formula is C15H19NO4. The van der Waals surface area contributed by atoms with Gasteiger partial charge in [0, 0.05) is 12.6 Å². The van der Waals surface area contributed by atoms with Crippen molar-refractivity contribution in [1.29, 1.82) is 0 Å². The molecule has 1 aromatic rings. The third-order valence-electron chi connectivity index (χ3n) is 2.58. The number of rotatable bonds is 7. The molecule has 0 spiro atoms. The summed E-state index contributed by atoms with van der Waals surface area (Å²) in [6, 6.07) is 6.31. The monoisotopic (exact) mass is 277 g/mol. The fourth-order valence-electron chi connectivity index (χ4n) is 1.41. The Hall–Kier alpha value is -2.14. The zero-order chi connectivity index (χ0) is 15.0. The molecule has 0 aliphatic carbocycles. The Morgan fingerprint density at radius 1 is 1.35 bits per heavy atom. The quantitative estimate of drug-likeness (QED) is 0.358. The van der Waals surface area contributed by atoms with Crippen LogP contribution in [0.15, 0.2) is 36.9 Å². The lowest BCUT2D eigenvalue weighted by Gasteiger charge is -2.12. The second kappa shape index (κ2) is 8.12. The van der Waals surface area contributed by atoms with Gasteiger partial charge in [-0.3, -0.25) is 4.79 Å². The summed E-state index contributed by atoms with van der Waals surface area (Å²) < 4.78 is 10.4. The number of hydrogen-bond donors (Lipinski definition) is 1. The summed E-state index contributed by atoms with van der Waals surface area (Å²) in [4.78, 5) is 23.1. The van der Waals surface area contributed by atoms with Gasteiger partial charge in [0.1, 0.15) is 5.75 Å². The SMILES string of the molecule is C=CCCOC(C)C(=O)Oc1ccc(C(=O)NC)cc1. The molecule has 5 heteroatoms. The smallest absolute Gasteiger partial charge is 0.340 e. The predicted octanol–water partition coefficient (Wildman–Crippen LogP) is 1.93. The minimum Gasteiger partial charge on any atom is -0.425 e. The van der Waals surface area contributed by atoms with Gasteiger partial charge in [0.25, 0.3) is 5.91 Å². The number of hydrogen-bond acceptors (Lipinski definition) is 4. The first kappa shape index (κ1) is 15.9. The standard InChI is InChI=1S/C15H19NO4/c1-4-5-10-19-11(2)15(18)20-13-8-6-12(7-9-13)14(17)16-3/h4,6-9,11H,1,5,10H2,2-3H3,(H,16,17). The zero-order valence-corrected chi connectivity index (χ0v) is 11.7. The molecule has 0 heterocycles. The molecule has 0 fully saturated rings. The van der Waals surface area contributed by atoms with Crippen molar-refractivity contribution in [2.45, 2.75) is 19.4 Å². The van der Waals surface area contributed by atoms with Crippen LogP contribution in [0.1, 0.15) is 23.7 Å². The predicted molar refractivity (Wildman–Crippen MR) is 75.7 cm³/mol. The largest absolute Gasteiger partial charge is 0.425 e. The highest BCUT2D eigenvalue weighted by atomic mass is 16.6. The molecule has 0 saturated heterocycles. The van der Waals surface area contributed by atoms with E-state index in [1.54, 1.807) is 44.3 Å². The van der Waals surface area contributed by atoms with E-state index in [4.69, 9.17) is 9.47 Å². The maximum absolute atomic E-state index is 11.7. The van der Waals surface area contributed by atoms with E-state index >= 15 is 0 Å². The molecule has 1 amide bonds. The Balaban J connectivity index is 2.53. The maximum atomic E-state index is 11.7. The molecule has 108 valence electrons. The van der Waals surface area contributed by atoms with Crippen molar-refractivity contribution in [2.24, 2.45) is 0 Å². The minimum atomic E-state index is -0.645. The van der Waals surface area contributed by atoms with E-state index in [-0.39, 0.29) is 5.91 Å². The van der Waals surface area contributed by atoms with E-state index in [1.165, 1.54) is 0 Å². The van der Waals surface area contributed by atoms with Crippen LogP contribution in [0.3, 0.4) is 0 Å². The summed E-state index contributed by atoms with van der Waals surface area (Å²) in [5.74, 6) is -0.285. The van der Waals surface area contributed by atoms with E-state index < -0.39 is 12.1 Å².